The summed E-state index contributed by atoms with van der Waals surface area (Å²) in [7, 11) is 0. The highest BCUT2D eigenvalue weighted by Gasteiger charge is 2.44. The molecule has 2 aromatic heterocycles. The van der Waals surface area contributed by atoms with E-state index in [0.29, 0.717) is 30.9 Å². The lowest BCUT2D eigenvalue weighted by molar-refractivity contribution is 0.0664. The maximum atomic E-state index is 13.3. The molecule has 1 aliphatic carbocycles. The van der Waals surface area contributed by atoms with Gasteiger partial charge in [-0.1, -0.05) is 18.2 Å². The lowest BCUT2D eigenvalue weighted by atomic mass is 9.76. The highest BCUT2D eigenvalue weighted by atomic mass is 16.2. The number of nitrogens with zero attached hydrogens (tertiary/aromatic N) is 3. The van der Waals surface area contributed by atoms with Crippen LogP contribution in [0.5, 0.6) is 0 Å². The predicted molar refractivity (Wildman–Crippen MR) is 108 cm³/mol. The van der Waals surface area contributed by atoms with Gasteiger partial charge >= 0.3 is 0 Å². The van der Waals surface area contributed by atoms with E-state index >= 15 is 0 Å². The molecule has 0 radical (unpaired) electrons. The van der Waals surface area contributed by atoms with Crippen molar-refractivity contribution in [1.29, 1.82) is 0 Å². The molecule has 148 valence electrons. The molecule has 1 spiro atoms. The molecule has 29 heavy (non-hydrogen) atoms. The summed E-state index contributed by atoms with van der Waals surface area (Å²) in [5.74, 6) is 0.857. The monoisotopic (exact) mass is 390 g/mol. The first-order valence-electron chi connectivity index (χ1n) is 9.85. The number of hydrogen-bond donors (Lipinski definition) is 3. The van der Waals surface area contributed by atoms with E-state index < -0.39 is 0 Å². The molecule has 8 heteroatoms. The van der Waals surface area contributed by atoms with E-state index in [2.05, 4.69) is 19.9 Å². The molecule has 0 bridgehead atoms. The molecule has 4 N–H and O–H groups in total. The Morgan fingerprint density at radius 3 is 2.72 bits per heavy atom. The molecule has 1 aromatic carbocycles. The molecule has 1 amide bonds. The number of carbonyl (C=O) groups excluding carboxylic acids is 1. The van der Waals surface area contributed by atoms with Crippen LogP contribution < -0.4 is 11.3 Å². The molecule has 3 aromatic rings. The van der Waals surface area contributed by atoms with E-state index in [-0.39, 0.29) is 22.8 Å². The average molecular weight is 390 g/mol. The Morgan fingerprint density at radius 1 is 1.17 bits per heavy atom. The van der Waals surface area contributed by atoms with Gasteiger partial charge in [0.25, 0.3) is 11.5 Å². The minimum atomic E-state index is -0.158. The van der Waals surface area contributed by atoms with Crippen molar-refractivity contribution in [1.82, 2.24) is 24.8 Å². The van der Waals surface area contributed by atoms with Gasteiger partial charge in [-0.3, -0.25) is 14.6 Å². The lowest BCUT2D eigenvalue weighted by Crippen LogP contribution is -2.45. The van der Waals surface area contributed by atoms with Crippen molar-refractivity contribution in [3.8, 4) is 11.4 Å². The van der Waals surface area contributed by atoms with Gasteiger partial charge in [-0.15, -0.1) is 0 Å². The Hall–Kier alpha value is -3.42. The first-order valence-corrected chi connectivity index (χ1v) is 9.85. The third-order valence-electron chi connectivity index (χ3n) is 6.31. The van der Waals surface area contributed by atoms with Gasteiger partial charge in [-0.05, 0) is 31.7 Å². The number of benzene rings is 1. The number of H-pyrrole nitrogens is 2. The van der Waals surface area contributed by atoms with Crippen molar-refractivity contribution < 1.29 is 4.79 Å². The fourth-order valence-corrected chi connectivity index (χ4v) is 4.75. The van der Waals surface area contributed by atoms with Crippen LogP contribution in [0.2, 0.25) is 0 Å². The summed E-state index contributed by atoms with van der Waals surface area (Å²) in [5, 5.41) is 0. The number of imidazole rings is 1. The van der Waals surface area contributed by atoms with Crippen LogP contribution in [0.3, 0.4) is 0 Å². The average Bonchev–Trinajstić information content (AvgIpc) is 3.38. The van der Waals surface area contributed by atoms with E-state index in [1.807, 2.05) is 29.2 Å². The Kier molecular flexibility index (Phi) is 4.01. The summed E-state index contributed by atoms with van der Waals surface area (Å²) in [6.45, 7) is 1.25. The van der Waals surface area contributed by atoms with Crippen molar-refractivity contribution in [2.75, 3.05) is 18.8 Å². The summed E-state index contributed by atoms with van der Waals surface area (Å²) >= 11 is 0. The molecule has 5 rings (SSSR count). The number of nitrogen functional groups attached to an aromatic ring is 1. The number of nitrogens with one attached hydrogen (secondary N) is 2. The number of aromatic nitrogens is 4. The van der Waals surface area contributed by atoms with Crippen LogP contribution in [0.4, 0.5) is 5.95 Å². The van der Waals surface area contributed by atoms with Gasteiger partial charge in [-0.25, -0.2) is 9.97 Å². The van der Waals surface area contributed by atoms with E-state index in [0.717, 1.165) is 36.1 Å². The number of hydrogen-bond acceptors (Lipinski definition) is 5. The van der Waals surface area contributed by atoms with Crippen LogP contribution in [-0.4, -0.2) is 43.8 Å². The summed E-state index contributed by atoms with van der Waals surface area (Å²) in [6, 6.07) is 7.53. The second kappa shape index (κ2) is 6.58. The third-order valence-corrected chi connectivity index (χ3v) is 6.31. The quantitative estimate of drug-likeness (QED) is 0.617. The smallest absolute Gasteiger partial charge is 0.255 e. The Balaban J connectivity index is 1.40. The fourth-order valence-electron chi connectivity index (χ4n) is 4.75. The van der Waals surface area contributed by atoms with E-state index in [4.69, 9.17) is 5.73 Å². The largest absolute Gasteiger partial charge is 0.369 e. The van der Waals surface area contributed by atoms with Crippen LogP contribution in [0.1, 0.15) is 40.9 Å². The maximum Gasteiger partial charge on any atom is 0.255 e. The number of amides is 1. The second-order valence-electron chi connectivity index (χ2n) is 7.83. The predicted octanol–water partition coefficient (Wildman–Crippen LogP) is 1.86. The van der Waals surface area contributed by atoms with Gasteiger partial charge in [0.05, 0.1) is 11.3 Å². The van der Waals surface area contributed by atoms with Crippen molar-refractivity contribution in [3.05, 3.63) is 63.8 Å². The SMILES string of the molecule is Nc1nc2c(c(=O)[nH]1)CCC21CCN(C(=O)c2ccccc2-c2ncc[nH]2)CC1. The Morgan fingerprint density at radius 2 is 1.97 bits per heavy atom. The molecule has 8 nitrogen and oxygen atoms in total. The van der Waals surface area contributed by atoms with Crippen molar-refractivity contribution >= 4 is 11.9 Å². The lowest BCUT2D eigenvalue weighted by Gasteiger charge is -2.39. The van der Waals surface area contributed by atoms with Crippen LogP contribution in [-0.2, 0) is 11.8 Å². The summed E-state index contributed by atoms with van der Waals surface area (Å²) in [6.07, 6.45) is 6.59. The summed E-state index contributed by atoms with van der Waals surface area (Å²) in [5.41, 5.74) is 8.54. The minimum absolute atomic E-state index is 0.00320. The topological polar surface area (TPSA) is 121 Å². The standard InChI is InChI=1S/C21H22N6O2/c22-20-25-16-15(18(28)26-20)5-6-21(16)7-11-27(12-8-21)19(29)14-4-2-1-3-13(14)17-23-9-10-24-17/h1-4,9-10H,5-8,11-12H2,(H,23,24)(H3,22,25,26,28). The minimum Gasteiger partial charge on any atom is -0.369 e. The zero-order valence-electron chi connectivity index (χ0n) is 15.9. The van der Waals surface area contributed by atoms with Gasteiger partial charge < -0.3 is 15.6 Å². The molecule has 1 saturated heterocycles. The third kappa shape index (κ3) is 2.83. The van der Waals surface area contributed by atoms with Crippen molar-refractivity contribution in [2.45, 2.75) is 31.1 Å². The van der Waals surface area contributed by atoms with Crippen LogP contribution in [0.15, 0.2) is 41.5 Å². The maximum absolute atomic E-state index is 13.3. The number of piperidine rings is 1. The van der Waals surface area contributed by atoms with Gasteiger partial charge in [0.2, 0.25) is 5.95 Å². The number of carbonyl (C=O) groups is 1. The van der Waals surface area contributed by atoms with Crippen LogP contribution >= 0.6 is 0 Å². The molecule has 0 unspecified atom stereocenters. The highest BCUT2D eigenvalue weighted by Crippen LogP contribution is 2.44. The molecule has 1 aliphatic heterocycles. The zero-order valence-corrected chi connectivity index (χ0v) is 15.9. The summed E-state index contributed by atoms with van der Waals surface area (Å²) in [4.78, 5) is 41.8. The van der Waals surface area contributed by atoms with Gasteiger partial charge in [0.1, 0.15) is 5.82 Å². The first kappa shape index (κ1) is 17.7. The molecule has 3 heterocycles. The summed E-state index contributed by atoms with van der Waals surface area (Å²) < 4.78 is 0. The number of anilines is 1. The van der Waals surface area contributed by atoms with E-state index in [1.165, 1.54) is 0 Å². The number of rotatable bonds is 2. The molecular formula is C21H22N6O2. The van der Waals surface area contributed by atoms with Gasteiger partial charge in [-0.2, -0.15) is 0 Å². The Bertz CT molecular complexity index is 1130. The number of aromatic amines is 2. The highest BCUT2D eigenvalue weighted by molar-refractivity contribution is 6.00. The van der Waals surface area contributed by atoms with E-state index in [9.17, 15) is 9.59 Å². The molecule has 0 atom stereocenters. The van der Waals surface area contributed by atoms with Gasteiger partial charge in [0.15, 0.2) is 0 Å². The molecule has 1 fully saturated rings. The van der Waals surface area contributed by atoms with Crippen molar-refractivity contribution in [2.24, 2.45) is 0 Å². The number of fused-ring (bicyclic) bond motifs is 2. The molecule has 2 aliphatic rings. The zero-order chi connectivity index (χ0) is 20.0. The van der Waals surface area contributed by atoms with Crippen LogP contribution in [0, 0.1) is 0 Å². The first-order chi connectivity index (χ1) is 14.1. The fraction of sp³-hybridized carbons (Fsp3) is 0.333. The normalized spacial score (nSPS) is 17.4. The second-order valence-corrected chi connectivity index (χ2v) is 7.83. The Labute approximate surface area is 167 Å². The number of nitrogens with two attached hydrogens (primary N) is 1. The van der Waals surface area contributed by atoms with Crippen LogP contribution in [0.25, 0.3) is 11.4 Å². The number of likely N-dealkylation sites (tertiary alicyclic amines) is 1. The van der Waals surface area contributed by atoms with Gasteiger partial charge in [0, 0.05) is 42.0 Å². The van der Waals surface area contributed by atoms with Crippen molar-refractivity contribution in [3.63, 3.8) is 0 Å². The molecular weight excluding hydrogens is 368 g/mol. The van der Waals surface area contributed by atoms with E-state index in [1.54, 1.807) is 12.4 Å². The molecule has 0 saturated carbocycles.